The van der Waals surface area contributed by atoms with Gasteiger partial charge in [-0.2, -0.15) is 5.10 Å². The Morgan fingerprint density at radius 3 is 2.62 bits per heavy atom. The van der Waals surface area contributed by atoms with Crippen LogP contribution in [0.4, 0.5) is 4.79 Å². The molecule has 0 aliphatic rings. The van der Waals surface area contributed by atoms with Crippen molar-refractivity contribution in [1.82, 2.24) is 20.1 Å². The fourth-order valence-corrected chi connectivity index (χ4v) is 4.31. The van der Waals surface area contributed by atoms with Gasteiger partial charge in [0.05, 0.1) is 17.8 Å². The normalized spacial score (nSPS) is 13.6. The SMILES string of the molecule is CC(C)(C)C(CC(Cc1ccc(Cl)cc1)NC(=O)O)n1cc(-c2ccc3[nH]c(=O)oc3c2)cn1. The number of benzene rings is 2. The quantitative estimate of drug-likeness (QED) is 0.322. The predicted molar refractivity (Wildman–Crippen MR) is 131 cm³/mol. The molecule has 2 unspecified atom stereocenters. The van der Waals surface area contributed by atoms with Gasteiger partial charge in [-0.3, -0.25) is 9.67 Å². The molecule has 0 saturated heterocycles. The highest BCUT2D eigenvalue weighted by Gasteiger charge is 2.31. The van der Waals surface area contributed by atoms with Gasteiger partial charge in [0, 0.05) is 22.8 Å². The van der Waals surface area contributed by atoms with Gasteiger partial charge in [-0.15, -0.1) is 0 Å². The first-order chi connectivity index (χ1) is 16.1. The second kappa shape index (κ2) is 9.38. The predicted octanol–water partition coefficient (Wildman–Crippen LogP) is 5.49. The number of fused-ring (bicyclic) bond motifs is 1. The Balaban J connectivity index is 1.61. The summed E-state index contributed by atoms with van der Waals surface area (Å²) in [4.78, 5) is 25.6. The fraction of sp³-hybridized carbons (Fsp3) is 0.320. The average Bonchev–Trinajstić information content (AvgIpc) is 3.37. The van der Waals surface area contributed by atoms with E-state index in [2.05, 4.69) is 36.2 Å². The summed E-state index contributed by atoms with van der Waals surface area (Å²) in [6.07, 6.45) is 3.73. The molecule has 3 N–H and O–H groups in total. The van der Waals surface area contributed by atoms with Gasteiger partial charge in [0.1, 0.15) is 0 Å². The molecule has 0 aliphatic heterocycles. The second-order valence-corrected chi connectivity index (χ2v) is 9.97. The summed E-state index contributed by atoms with van der Waals surface area (Å²) >= 11 is 6.00. The molecule has 0 saturated carbocycles. The van der Waals surface area contributed by atoms with Gasteiger partial charge in [0.15, 0.2) is 5.58 Å². The number of nitrogens with one attached hydrogen (secondary N) is 2. The van der Waals surface area contributed by atoms with Crippen LogP contribution in [0, 0.1) is 5.41 Å². The highest BCUT2D eigenvalue weighted by molar-refractivity contribution is 6.30. The zero-order chi connectivity index (χ0) is 24.5. The van der Waals surface area contributed by atoms with Crippen LogP contribution in [0.5, 0.6) is 0 Å². The Morgan fingerprint density at radius 1 is 1.21 bits per heavy atom. The molecule has 34 heavy (non-hydrogen) atoms. The van der Waals surface area contributed by atoms with E-state index in [1.807, 2.05) is 29.1 Å². The molecule has 0 spiro atoms. The Bertz CT molecular complexity index is 1350. The number of H-pyrrole nitrogens is 1. The summed E-state index contributed by atoms with van der Waals surface area (Å²) in [5, 5.41) is 17.4. The third-order valence-corrected chi connectivity index (χ3v) is 6.16. The van der Waals surface area contributed by atoms with E-state index >= 15 is 0 Å². The number of carboxylic acid groups (broad SMARTS) is 1. The van der Waals surface area contributed by atoms with Crippen LogP contribution in [0.15, 0.2) is 64.1 Å². The molecule has 2 atom stereocenters. The van der Waals surface area contributed by atoms with Crippen LogP contribution in [-0.4, -0.2) is 32.0 Å². The summed E-state index contributed by atoms with van der Waals surface area (Å²) in [6.45, 7) is 6.33. The van der Waals surface area contributed by atoms with Crippen LogP contribution in [0.3, 0.4) is 0 Å². The van der Waals surface area contributed by atoms with Gasteiger partial charge in [-0.1, -0.05) is 50.6 Å². The molecule has 0 aliphatic carbocycles. The van der Waals surface area contributed by atoms with Crippen molar-refractivity contribution < 1.29 is 14.3 Å². The lowest BCUT2D eigenvalue weighted by molar-refractivity contribution is 0.170. The molecule has 2 aromatic carbocycles. The summed E-state index contributed by atoms with van der Waals surface area (Å²) in [6, 6.07) is 12.5. The van der Waals surface area contributed by atoms with Crippen molar-refractivity contribution in [2.45, 2.75) is 45.7 Å². The molecule has 0 bridgehead atoms. The van der Waals surface area contributed by atoms with Crippen molar-refractivity contribution in [3.63, 3.8) is 0 Å². The summed E-state index contributed by atoms with van der Waals surface area (Å²) < 4.78 is 7.08. The number of nitrogens with zero attached hydrogens (tertiary/aromatic N) is 2. The maximum atomic E-state index is 11.5. The van der Waals surface area contributed by atoms with Crippen LogP contribution >= 0.6 is 11.6 Å². The minimum atomic E-state index is -1.06. The van der Waals surface area contributed by atoms with Gasteiger partial charge in [-0.05, 0) is 53.6 Å². The number of rotatable bonds is 7. The molecule has 4 rings (SSSR count). The topological polar surface area (TPSA) is 113 Å². The molecule has 0 fully saturated rings. The largest absolute Gasteiger partial charge is 0.465 e. The Hall–Kier alpha value is -3.52. The molecular weight excluding hydrogens is 456 g/mol. The lowest BCUT2D eigenvalue weighted by Gasteiger charge is -2.34. The number of hydrogen-bond acceptors (Lipinski definition) is 4. The van der Waals surface area contributed by atoms with Crippen LogP contribution in [0.25, 0.3) is 22.2 Å². The molecule has 2 heterocycles. The number of aromatic amines is 1. The first kappa shape index (κ1) is 23.6. The van der Waals surface area contributed by atoms with E-state index in [0.717, 1.165) is 16.7 Å². The molecule has 4 aromatic rings. The molecular formula is C25H27ClN4O4. The van der Waals surface area contributed by atoms with Crippen LogP contribution in [0.2, 0.25) is 5.02 Å². The second-order valence-electron chi connectivity index (χ2n) is 9.53. The van der Waals surface area contributed by atoms with E-state index in [1.54, 1.807) is 30.5 Å². The average molecular weight is 483 g/mol. The first-order valence-corrected chi connectivity index (χ1v) is 11.4. The van der Waals surface area contributed by atoms with Crippen molar-refractivity contribution in [3.8, 4) is 11.1 Å². The number of aromatic nitrogens is 3. The Labute approximate surface area is 201 Å². The molecule has 8 nitrogen and oxygen atoms in total. The van der Waals surface area contributed by atoms with E-state index in [-0.39, 0.29) is 17.5 Å². The zero-order valence-electron chi connectivity index (χ0n) is 19.2. The molecule has 0 radical (unpaired) electrons. The van der Waals surface area contributed by atoms with Crippen LogP contribution in [-0.2, 0) is 6.42 Å². The first-order valence-electron chi connectivity index (χ1n) is 11.0. The van der Waals surface area contributed by atoms with E-state index in [1.165, 1.54) is 0 Å². The Morgan fingerprint density at radius 2 is 1.94 bits per heavy atom. The number of amides is 1. The Kier molecular flexibility index (Phi) is 6.52. The van der Waals surface area contributed by atoms with E-state index in [9.17, 15) is 14.7 Å². The fourth-order valence-electron chi connectivity index (χ4n) is 4.18. The van der Waals surface area contributed by atoms with Crippen molar-refractivity contribution in [1.29, 1.82) is 0 Å². The number of hydrogen-bond donors (Lipinski definition) is 3. The van der Waals surface area contributed by atoms with Gasteiger partial charge < -0.3 is 14.8 Å². The number of halogens is 1. The summed E-state index contributed by atoms with van der Waals surface area (Å²) in [7, 11) is 0. The van der Waals surface area contributed by atoms with E-state index < -0.39 is 11.8 Å². The van der Waals surface area contributed by atoms with Crippen molar-refractivity contribution in [2.75, 3.05) is 0 Å². The molecule has 2 aromatic heterocycles. The number of oxazole rings is 1. The van der Waals surface area contributed by atoms with Gasteiger partial charge in [0.2, 0.25) is 0 Å². The summed E-state index contributed by atoms with van der Waals surface area (Å²) in [5.41, 5.74) is 3.67. The van der Waals surface area contributed by atoms with Gasteiger partial charge in [0.25, 0.3) is 0 Å². The standard InChI is InChI=1S/C25H27ClN4O4/c1-25(2,3)22(12-19(28-23(31)32)10-15-4-7-18(26)8-5-15)30-14-17(13-27-30)16-6-9-20-21(11-16)34-24(33)29-20/h4-9,11,13-14,19,22,28H,10,12H2,1-3H3,(H,29,33)(H,31,32). The minimum Gasteiger partial charge on any atom is -0.465 e. The lowest BCUT2D eigenvalue weighted by atomic mass is 9.82. The maximum Gasteiger partial charge on any atom is 0.417 e. The third kappa shape index (κ3) is 5.51. The van der Waals surface area contributed by atoms with Crippen molar-refractivity contribution in [3.05, 3.63) is 76.0 Å². The minimum absolute atomic E-state index is 0.0840. The van der Waals surface area contributed by atoms with E-state index in [4.69, 9.17) is 16.0 Å². The number of carbonyl (C=O) groups is 1. The summed E-state index contributed by atoms with van der Waals surface area (Å²) in [5.74, 6) is -0.492. The maximum absolute atomic E-state index is 11.5. The highest BCUT2D eigenvalue weighted by Crippen LogP contribution is 2.36. The third-order valence-electron chi connectivity index (χ3n) is 5.91. The lowest BCUT2D eigenvalue weighted by Crippen LogP contribution is -2.40. The molecule has 178 valence electrons. The monoisotopic (exact) mass is 482 g/mol. The molecule has 1 amide bonds. The van der Waals surface area contributed by atoms with Crippen molar-refractivity contribution >= 4 is 28.8 Å². The zero-order valence-corrected chi connectivity index (χ0v) is 20.0. The molecule has 9 heteroatoms. The van der Waals surface area contributed by atoms with Gasteiger partial charge >= 0.3 is 11.8 Å². The smallest absolute Gasteiger partial charge is 0.417 e. The van der Waals surface area contributed by atoms with Crippen molar-refractivity contribution in [2.24, 2.45) is 5.41 Å². The highest BCUT2D eigenvalue weighted by atomic mass is 35.5. The van der Waals surface area contributed by atoms with Gasteiger partial charge in [-0.25, -0.2) is 9.59 Å². The van der Waals surface area contributed by atoms with Crippen LogP contribution in [0.1, 0.15) is 38.8 Å². The van der Waals surface area contributed by atoms with E-state index in [0.29, 0.717) is 29.0 Å². The van der Waals surface area contributed by atoms with Crippen LogP contribution < -0.4 is 11.1 Å².